The second-order valence-electron chi connectivity index (χ2n) is 5.24. The van der Waals surface area contributed by atoms with Crippen LogP contribution in [0.15, 0.2) is 12.3 Å². The van der Waals surface area contributed by atoms with Gasteiger partial charge < -0.3 is 10.2 Å². The molecule has 0 radical (unpaired) electrons. The molecule has 110 valence electrons. The SMILES string of the molecule is CCC(CC)n1ccc(CN2CC(=O)NC(C)C2=O)n1. The van der Waals surface area contributed by atoms with Crippen molar-refractivity contribution in [2.24, 2.45) is 0 Å². The molecule has 0 aliphatic carbocycles. The highest BCUT2D eigenvalue weighted by atomic mass is 16.2. The minimum Gasteiger partial charge on any atom is -0.343 e. The third kappa shape index (κ3) is 3.00. The summed E-state index contributed by atoms with van der Waals surface area (Å²) in [4.78, 5) is 25.1. The minimum atomic E-state index is -0.447. The number of carbonyl (C=O) groups is 2. The van der Waals surface area contributed by atoms with E-state index in [0.717, 1.165) is 18.5 Å². The first kappa shape index (κ1) is 14.6. The predicted molar refractivity (Wildman–Crippen MR) is 74.9 cm³/mol. The van der Waals surface area contributed by atoms with Gasteiger partial charge in [0.15, 0.2) is 0 Å². The molecule has 20 heavy (non-hydrogen) atoms. The van der Waals surface area contributed by atoms with Gasteiger partial charge >= 0.3 is 0 Å². The van der Waals surface area contributed by atoms with Gasteiger partial charge in [-0.1, -0.05) is 13.8 Å². The molecule has 1 saturated heterocycles. The van der Waals surface area contributed by atoms with E-state index in [9.17, 15) is 9.59 Å². The third-order valence-electron chi connectivity index (χ3n) is 3.73. The molecule has 2 rings (SSSR count). The van der Waals surface area contributed by atoms with Crippen LogP contribution >= 0.6 is 0 Å². The molecule has 1 fully saturated rings. The number of amides is 2. The van der Waals surface area contributed by atoms with Gasteiger partial charge in [0.2, 0.25) is 11.8 Å². The van der Waals surface area contributed by atoms with Gasteiger partial charge in [-0.05, 0) is 25.8 Å². The lowest BCUT2D eigenvalue weighted by Crippen LogP contribution is -2.56. The maximum absolute atomic E-state index is 12.0. The fourth-order valence-electron chi connectivity index (χ4n) is 2.53. The van der Waals surface area contributed by atoms with Gasteiger partial charge in [0.25, 0.3) is 0 Å². The molecule has 1 atom stereocenters. The van der Waals surface area contributed by atoms with Gasteiger partial charge in [0, 0.05) is 6.20 Å². The standard InChI is InChI=1S/C14H22N4O2/c1-4-12(5-2)18-7-6-11(16-18)8-17-9-13(19)15-10(3)14(17)20/h6-7,10,12H,4-5,8-9H2,1-3H3,(H,15,19). The van der Waals surface area contributed by atoms with Crippen molar-refractivity contribution in [1.29, 1.82) is 0 Å². The summed E-state index contributed by atoms with van der Waals surface area (Å²) in [6, 6.07) is 1.86. The van der Waals surface area contributed by atoms with E-state index >= 15 is 0 Å². The van der Waals surface area contributed by atoms with E-state index in [1.54, 1.807) is 11.8 Å². The maximum atomic E-state index is 12.0. The van der Waals surface area contributed by atoms with Gasteiger partial charge in [-0.25, -0.2) is 0 Å². The first-order chi connectivity index (χ1) is 9.55. The Morgan fingerprint density at radius 1 is 1.40 bits per heavy atom. The van der Waals surface area contributed by atoms with E-state index in [1.807, 2.05) is 16.9 Å². The lowest BCUT2D eigenvalue weighted by molar-refractivity contribution is -0.144. The van der Waals surface area contributed by atoms with E-state index in [4.69, 9.17) is 0 Å². The summed E-state index contributed by atoms with van der Waals surface area (Å²) in [6.07, 6.45) is 4.00. The van der Waals surface area contributed by atoms with Gasteiger partial charge in [-0.2, -0.15) is 5.10 Å². The number of rotatable bonds is 5. The van der Waals surface area contributed by atoms with E-state index in [1.165, 1.54) is 0 Å². The van der Waals surface area contributed by atoms with E-state index in [-0.39, 0.29) is 18.4 Å². The highest BCUT2D eigenvalue weighted by molar-refractivity contribution is 5.94. The zero-order chi connectivity index (χ0) is 14.7. The molecular weight excluding hydrogens is 256 g/mol. The molecule has 0 aromatic carbocycles. The van der Waals surface area contributed by atoms with Crippen LogP contribution in [0.1, 0.15) is 45.3 Å². The zero-order valence-corrected chi connectivity index (χ0v) is 12.3. The van der Waals surface area contributed by atoms with Crippen LogP contribution in [0.5, 0.6) is 0 Å². The fourth-order valence-corrected chi connectivity index (χ4v) is 2.53. The summed E-state index contributed by atoms with van der Waals surface area (Å²) in [5, 5.41) is 7.15. The van der Waals surface area contributed by atoms with Crippen molar-refractivity contribution < 1.29 is 9.59 Å². The molecule has 1 aliphatic heterocycles. The molecule has 1 N–H and O–H groups in total. The highest BCUT2D eigenvalue weighted by Gasteiger charge is 2.29. The molecule has 1 aromatic heterocycles. The Hall–Kier alpha value is -1.85. The van der Waals surface area contributed by atoms with E-state index < -0.39 is 6.04 Å². The fraction of sp³-hybridized carbons (Fsp3) is 0.643. The Morgan fingerprint density at radius 3 is 2.75 bits per heavy atom. The summed E-state index contributed by atoms with van der Waals surface area (Å²) < 4.78 is 1.95. The van der Waals surface area contributed by atoms with Crippen molar-refractivity contribution in [2.75, 3.05) is 6.54 Å². The lowest BCUT2D eigenvalue weighted by Gasteiger charge is -2.30. The van der Waals surface area contributed by atoms with Crippen molar-refractivity contribution in [3.63, 3.8) is 0 Å². The third-order valence-corrected chi connectivity index (χ3v) is 3.73. The van der Waals surface area contributed by atoms with Crippen LogP contribution in [0.2, 0.25) is 0 Å². The summed E-state index contributed by atoms with van der Waals surface area (Å²) in [6.45, 7) is 6.48. The zero-order valence-electron chi connectivity index (χ0n) is 12.3. The number of aromatic nitrogens is 2. The van der Waals surface area contributed by atoms with Crippen molar-refractivity contribution in [3.05, 3.63) is 18.0 Å². The molecule has 6 heteroatoms. The summed E-state index contributed by atoms with van der Waals surface area (Å²) in [5.74, 6) is -0.168. The topological polar surface area (TPSA) is 67.2 Å². The molecule has 1 aromatic rings. The smallest absolute Gasteiger partial charge is 0.245 e. The Morgan fingerprint density at radius 2 is 2.10 bits per heavy atom. The summed E-state index contributed by atoms with van der Waals surface area (Å²) >= 11 is 0. The minimum absolute atomic E-state index is 0.0540. The molecular formula is C14H22N4O2. The average molecular weight is 278 g/mol. The number of hydrogen-bond donors (Lipinski definition) is 1. The average Bonchev–Trinajstić information content (AvgIpc) is 2.85. The van der Waals surface area contributed by atoms with Gasteiger partial charge in [0.1, 0.15) is 12.6 Å². The molecule has 2 amide bonds. The van der Waals surface area contributed by atoms with Crippen molar-refractivity contribution in [3.8, 4) is 0 Å². The molecule has 1 aliphatic rings. The number of hydrogen-bond acceptors (Lipinski definition) is 3. The molecule has 0 spiro atoms. The van der Waals surface area contributed by atoms with Crippen LogP contribution in [-0.4, -0.2) is 39.1 Å². The predicted octanol–water partition coefficient (Wildman–Crippen LogP) is 1.09. The highest BCUT2D eigenvalue weighted by Crippen LogP contribution is 2.15. The molecule has 0 bridgehead atoms. The Bertz CT molecular complexity index is 493. The molecule has 1 unspecified atom stereocenters. The van der Waals surface area contributed by atoms with Crippen molar-refractivity contribution in [1.82, 2.24) is 20.0 Å². The molecule has 6 nitrogen and oxygen atoms in total. The van der Waals surface area contributed by atoms with Crippen molar-refractivity contribution >= 4 is 11.8 Å². The van der Waals surface area contributed by atoms with E-state index in [2.05, 4.69) is 24.3 Å². The Balaban J connectivity index is 2.06. The quantitative estimate of drug-likeness (QED) is 0.876. The number of nitrogens with zero attached hydrogens (tertiary/aromatic N) is 3. The normalized spacial score (nSPS) is 19.6. The van der Waals surface area contributed by atoms with Crippen LogP contribution in [0.25, 0.3) is 0 Å². The Labute approximate surface area is 119 Å². The lowest BCUT2D eigenvalue weighted by atomic mass is 10.2. The number of piperazine rings is 1. The number of carbonyl (C=O) groups excluding carboxylic acids is 2. The van der Waals surface area contributed by atoms with Crippen LogP contribution in [0.3, 0.4) is 0 Å². The molecule has 0 saturated carbocycles. The summed E-state index contributed by atoms with van der Waals surface area (Å²) in [7, 11) is 0. The van der Waals surface area contributed by atoms with Gasteiger partial charge in [-0.3, -0.25) is 14.3 Å². The Kier molecular flexibility index (Phi) is 4.42. The first-order valence-corrected chi connectivity index (χ1v) is 7.17. The first-order valence-electron chi connectivity index (χ1n) is 7.17. The maximum Gasteiger partial charge on any atom is 0.245 e. The van der Waals surface area contributed by atoms with Gasteiger partial charge in [-0.15, -0.1) is 0 Å². The second-order valence-corrected chi connectivity index (χ2v) is 5.24. The molecule has 2 heterocycles. The largest absolute Gasteiger partial charge is 0.343 e. The van der Waals surface area contributed by atoms with E-state index in [0.29, 0.717) is 12.6 Å². The summed E-state index contributed by atoms with van der Waals surface area (Å²) in [5.41, 5.74) is 0.826. The monoisotopic (exact) mass is 278 g/mol. The number of nitrogens with one attached hydrogen (secondary N) is 1. The van der Waals surface area contributed by atoms with Crippen LogP contribution < -0.4 is 5.32 Å². The van der Waals surface area contributed by atoms with Crippen LogP contribution in [-0.2, 0) is 16.1 Å². The van der Waals surface area contributed by atoms with Crippen LogP contribution in [0, 0.1) is 0 Å². The van der Waals surface area contributed by atoms with Gasteiger partial charge in [0.05, 0.1) is 18.3 Å². The van der Waals surface area contributed by atoms with Crippen molar-refractivity contribution in [2.45, 2.75) is 52.2 Å². The van der Waals surface area contributed by atoms with Crippen LogP contribution in [0.4, 0.5) is 0 Å². The second kappa shape index (κ2) is 6.07.